The summed E-state index contributed by atoms with van der Waals surface area (Å²) >= 11 is 0. The predicted octanol–water partition coefficient (Wildman–Crippen LogP) is 3.68. The fourth-order valence-electron chi connectivity index (χ4n) is 4.17. The van der Waals surface area contributed by atoms with Gasteiger partial charge in [0.25, 0.3) is 0 Å². The van der Waals surface area contributed by atoms with Gasteiger partial charge in [-0.3, -0.25) is 0 Å². The van der Waals surface area contributed by atoms with Crippen LogP contribution in [0.5, 0.6) is 0 Å². The van der Waals surface area contributed by atoms with E-state index in [0.717, 1.165) is 38.9 Å². The summed E-state index contributed by atoms with van der Waals surface area (Å²) in [7, 11) is 0. The van der Waals surface area contributed by atoms with Crippen LogP contribution in [0.15, 0.2) is 30.3 Å². The van der Waals surface area contributed by atoms with Gasteiger partial charge in [-0.15, -0.1) is 0 Å². The van der Waals surface area contributed by atoms with E-state index in [-0.39, 0.29) is 11.5 Å². The lowest BCUT2D eigenvalue weighted by Crippen LogP contribution is -2.47. The van der Waals surface area contributed by atoms with Crippen molar-refractivity contribution in [3.8, 4) is 0 Å². The minimum absolute atomic E-state index is 0.0368. The van der Waals surface area contributed by atoms with Gasteiger partial charge in [-0.2, -0.15) is 0 Å². The van der Waals surface area contributed by atoms with Crippen LogP contribution in [0.25, 0.3) is 0 Å². The third-order valence-corrected chi connectivity index (χ3v) is 5.30. The predicted molar refractivity (Wildman–Crippen MR) is 80.8 cm³/mol. The molecule has 0 spiro atoms. The smallest absolute Gasteiger partial charge is 0.0686 e. The average molecular weight is 274 g/mol. The van der Waals surface area contributed by atoms with Crippen LogP contribution >= 0.6 is 0 Å². The summed E-state index contributed by atoms with van der Waals surface area (Å²) in [4.78, 5) is 0. The van der Waals surface area contributed by atoms with Gasteiger partial charge in [0.1, 0.15) is 0 Å². The number of rotatable bonds is 3. The molecule has 2 atom stereocenters. The zero-order chi connectivity index (χ0) is 13.8. The Kier molecular flexibility index (Phi) is 4.42. The number of aliphatic hydroxyl groups is 1. The molecule has 3 rings (SSSR count). The van der Waals surface area contributed by atoms with Crippen LogP contribution in [-0.4, -0.2) is 24.4 Å². The summed E-state index contributed by atoms with van der Waals surface area (Å²) in [6, 6.07) is 10.7. The van der Waals surface area contributed by atoms with Crippen molar-refractivity contribution in [1.82, 2.24) is 0 Å². The van der Waals surface area contributed by atoms with Crippen LogP contribution < -0.4 is 0 Å². The summed E-state index contributed by atoms with van der Waals surface area (Å²) in [5, 5.41) is 11.1. The number of ether oxygens (including phenoxy) is 1. The number of benzene rings is 1. The van der Waals surface area contributed by atoms with Crippen molar-refractivity contribution in [2.24, 2.45) is 5.92 Å². The van der Waals surface area contributed by atoms with Crippen molar-refractivity contribution >= 4 is 0 Å². The molecule has 2 fully saturated rings. The highest BCUT2D eigenvalue weighted by molar-refractivity contribution is 5.28. The fraction of sp³-hybridized carbons (Fsp3) is 0.667. The normalized spacial score (nSPS) is 27.9. The Labute approximate surface area is 122 Å². The van der Waals surface area contributed by atoms with E-state index in [1.807, 2.05) is 0 Å². The second-order valence-corrected chi connectivity index (χ2v) is 6.50. The molecule has 0 bridgehead atoms. The Balaban J connectivity index is 1.88. The molecule has 1 aromatic rings. The molecule has 1 aromatic carbocycles. The zero-order valence-electron chi connectivity index (χ0n) is 12.3. The summed E-state index contributed by atoms with van der Waals surface area (Å²) < 4.78 is 5.61. The van der Waals surface area contributed by atoms with E-state index < -0.39 is 0 Å². The van der Waals surface area contributed by atoms with Crippen molar-refractivity contribution in [2.45, 2.75) is 56.5 Å². The fourth-order valence-corrected chi connectivity index (χ4v) is 4.17. The topological polar surface area (TPSA) is 29.5 Å². The molecule has 1 saturated heterocycles. The lowest BCUT2D eigenvalue weighted by atomic mass is 9.62. The molecule has 110 valence electrons. The first-order chi connectivity index (χ1) is 9.83. The average Bonchev–Trinajstić information content (AvgIpc) is 2.56. The maximum atomic E-state index is 11.1. The molecule has 2 nitrogen and oxygen atoms in total. The van der Waals surface area contributed by atoms with E-state index in [4.69, 9.17) is 4.74 Å². The number of aliphatic hydroxyl groups excluding tert-OH is 1. The standard InChI is InChI=1S/C18H26O2/c19-17(15-8-7-13-20-14-15)18(11-5-2-6-12-18)16-9-3-1-4-10-16/h1,3-4,9-10,15,17,19H,2,5-8,11-14H2. The first kappa shape index (κ1) is 14.1. The summed E-state index contributed by atoms with van der Waals surface area (Å²) in [6.45, 7) is 1.59. The van der Waals surface area contributed by atoms with Gasteiger partial charge in [-0.1, -0.05) is 49.6 Å². The number of hydrogen-bond donors (Lipinski definition) is 1. The van der Waals surface area contributed by atoms with Crippen LogP contribution in [0.3, 0.4) is 0 Å². The van der Waals surface area contributed by atoms with Crippen molar-refractivity contribution in [3.05, 3.63) is 35.9 Å². The first-order valence-electron chi connectivity index (χ1n) is 8.14. The van der Waals surface area contributed by atoms with E-state index >= 15 is 0 Å². The van der Waals surface area contributed by atoms with Crippen LogP contribution in [0.2, 0.25) is 0 Å². The van der Waals surface area contributed by atoms with E-state index in [1.165, 1.54) is 24.8 Å². The van der Waals surface area contributed by atoms with Gasteiger partial charge in [0.15, 0.2) is 0 Å². The van der Waals surface area contributed by atoms with Gasteiger partial charge in [0.2, 0.25) is 0 Å². The molecule has 1 saturated carbocycles. The molecule has 20 heavy (non-hydrogen) atoms. The van der Waals surface area contributed by atoms with Gasteiger partial charge in [-0.25, -0.2) is 0 Å². The minimum atomic E-state index is -0.259. The van der Waals surface area contributed by atoms with Gasteiger partial charge in [-0.05, 0) is 31.2 Å². The minimum Gasteiger partial charge on any atom is -0.392 e. The van der Waals surface area contributed by atoms with E-state index in [0.29, 0.717) is 5.92 Å². The van der Waals surface area contributed by atoms with E-state index in [2.05, 4.69) is 30.3 Å². The van der Waals surface area contributed by atoms with Gasteiger partial charge >= 0.3 is 0 Å². The summed E-state index contributed by atoms with van der Waals surface area (Å²) in [5.41, 5.74) is 1.29. The van der Waals surface area contributed by atoms with Crippen molar-refractivity contribution in [2.75, 3.05) is 13.2 Å². The molecule has 1 heterocycles. The second-order valence-electron chi connectivity index (χ2n) is 6.50. The highest BCUT2D eigenvalue weighted by Crippen LogP contribution is 2.45. The Morgan fingerprint density at radius 1 is 1.05 bits per heavy atom. The van der Waals surface area contributed by atoms with E-state index in [9.17, 15) is 5.11 Å². The summed E-state index contributed by atoms with van der Waals surface area (Å²) in [6.07, 6.45) is 7.96. The molecular weight excluding hydrogens is 248 g/mol. The van der Waals surface area contributed by atoms with Crippen LogP contribution in [0.1, 0.15) is 50.5 Å². The molecule has 2 unspecified atom stereocenters. The maximum absolute atomic E-state index is 11.1. The SMILES string of the molecule is OC(C1CCCOC1)C1(c2ccccc2)CCCCC1. The zero-order valence-corrected chi connectivity index (χ0v) is 12.3. The van der Waals surface area contributed by atoms with Crippen molar-refractivity contribution < 1.29 is 9.84 Å². The highest BCUT2D eigenvalue weighted by Gasteiger charge is 2.44. The van der Waals surface area contributed by atoms with Crippen molar-refractivity contribution in [1.29, 1.82) is 0 Å². The Morgan fingerprint density at radius 2 is 1.80 bits per heavy atom. The largest absolute Gasteiger partial charge is 0.392 e. The third-order valence-electron chi connectivity index (χ3n) is 5.30. The molecule has 2 aliphatic rings. The van der Waals surface area contributed by atoms with Gasteiger partial charge in [0, 0.05) is 17.9 Å². The first-order valence-corrected chi connectivity index (χ1v) is 8.14. The van der Waals surface area contributed by atoms with Crippen LogP contribution in [0, 0.1) is 5.92 Å². The van der Waals surface area contributed by atoms with Crippen LogP contribution in [0.4, 0.5) is 0 Å². The Hall–Kier alpha value is -0.860. The van der Waals surface area contributed by atoms with Gasteiger partial charge in [0.05, 0.1) is 12.7 Å². The van der Waals surface area contributed by atoms with Gasteiger partial charge < -0.3 is 9.84 Å². The Morgan fingerprint density at radius 3 is 2.45 bits per heavy atom. The molecule has 0 amide bonds. The molecule has 1 aliphatic heterocycles. The van der Waals surface area contributed by atoms with E-state index in [1.54, 1.807) is 0 Å². The monoisotopic (exact) mass is 274 g/mol. The molecule has 0 aromatic heterocycles. The molecule has 1 aliphatic carbocycles. The Bertz CT molecular complexity index is 403. The molecule has 2 heteroatoms. The molecular formula is C18H26O2. The lowest BCUT2D eigenvalue weighted by Gasteiger charge is -2.45. The van der Waals surface area contributed by atoms with Crippen LogP contribution in [-0.2, 0) is 10.2 Å². The van der Waals surface area contributed by atoms with Crippen molar-refractivity contribution in [3.63, 3.8) is 0 Å². The molecule has 0 radical (unpaired) electrons. The quantitative estimate of drug-likeness (QED) is 0.911. The molecule has 1 N–H and O–H groups in total. The lowest BCUT2D eigenvalue weighted by molar-refractivity contribution is -0.0535. The highest BCUT2D eigenvalue weighted by atomic mass is 16.5. The second kappa shape index (κ2) is 6.28. The summed E-state index contributed by atoms with van der Waals surface area (Å²) in [5.74, 6) is 0.307. The maximum Gasteiger partial charge on any atom is 0.0686 e. The number of hydrogen-bond acceptors (Lipinski definition) is 2. The third kappa shape index (κ3) is 2.64.